The number of rotatable bonds is 6. The van der Waals surface area contributed by atoms with Crippen LogP contribution < -0.4 is 5.32 Å². The number of aliphatic hydroxyl groups is 1. The number of hydrogen-bond donors (Lipinski definition) is 3. The minimum Gasteiger partial charge on any atom is -0.480 e. The average Bonchev–Trinajstić information content (AvgIpc) is 2.31. The predicted octanol–water partition coefficient (Wildman–Crippen LogP) is 0.489. The maximum atomic E-state index is 11.6. The SMILES string of the molecule is Cc1ccc(CC(=O)NC(CCO)C(=O)O)cc1. The van der Waals surface area contributed by atoms with Crippen molar-refractivity contribution < 1.29 is 19.8 Å². The Kier molecular flexibility index (Phi) is 5.32. The van der Waals surface area contributed by atoms with Crippen LogP contribution in [0.2, 0.25) is 0 Å². The van der Waals surface area contributed by atoms with Crippen molar-refractivity contribution in [3.8, 4) is 0 Å². The van der Waals surface area contributed by atoms with Crippen molar-refractivity contribution in [2.24, 2.45) is 0 Å². The fraction of sp³-hybridized carbons (Fsp3) is 0.385. The first-order chi connectivity index (χ1) is 8.52. The van der Waals surface area contributed by atoms with E-state index >= 15 is 0 Å². The van der Waals surface area contributed by atoms with Gasteiger partial charge in [0.1, 0.15) is 6.04 Å². The van der Waals surface area contributed by atoms with Gasteiger partial charge in [0.15, 0.2) is 0 Å². The minimum atomic E-state index is -1.14. The molecule has 0 bridgehead atoms. The Hall–Kier alpha value is -1.88. The Morgan fingerprint density at radius 3 is 2.39 bits per heavy atom. The number of aliphatic hydroxyl groups excluding tert-OH is 1. The molecule has 98 valence electrons. The van der Waals surface area contributed by atoms with Crippen LogP contribution in [0.5, 0.6) is 0 Å². The molecule has 0 heterocycles. The van der Waals surface area contributed by atoms with E-state index in [2.05, 4.69) is 5.32 Å². The van der Waals surface area contributed by atoms with Crippen LogP contribution in [0.4, 0.5) is 0 Å². The van der Waals surface area contributed by atoms with Crippen LogP contribution in [0, 0.1) is 6.92 Å². The van der Waals surface area contributed by atoms with Gasteiger partial charge < -0.3 is 15.5 Å². The zero-order chi connectivity index (χ0) is 13.5. The van der Waals surface area contributed by atoms with E-state index in [9.17, 15) is 9.59 Å². The number of aryl methyl sites for hydroxylation is 1. The molecule has 1 aromatic carbocycles. The molecule has 0 aliphatic rings. The zero-order valence-electron chi connectivity index (χ0n) is 10.2. The third kappa shape index (κ3) is 4.55. The van der Waals surface area contributed by atoms with Crippen molar-refractivity contribution in [1.82, 2.24) is 5.32 Å². The molecule has 1 amide bonds. The van der Waals surface area contributed by atoms with Gasteiger partial charge in [-0.15, -0.1) is 0 Å². The summed E-state index contributed by atoms with van der Waals surface area (Å²) >= 11 is 0. The van der Waals surface area contributed by atoms with E-state index in [1.165, 1.54) is 0 Å². The van der Waals surface area contributed by atoms with Crippen LogP contribution in [0.1, 0.15) is 17.5 Å². The quantitative estimate of drug-likeness (QED) is 0.686. The number of carboxylic acid groups (broad SMARTS) is 1. The smallest absolute Gasteiger partial charge is 0.326 e. The molecule has 0 spiro atoms. The van der Waals surface area contributed by atoms with Crippen molar-refractivity contribution in [2.75, 3.05) is 6.61 Å². The molecule has 5 nitrogen and oxygen atoms in total. The molecule has 1 aromatic rings. The largest absolute Gasteiger partial charge is 0.480 e. The van der Waals surface area contributed by atoms with E-state index in [1.807, 2.05) is 31.2 Å². The Bertz CT molecular complexity index is 414. The molecule has 0 radical (unpaired) electrons. The molecule has 1 rings (SSSR count). The van der Waals surface area contributed by atoms with E-state index < -0.39 is 12.0 Å². The second kappa shape index (κ2) is 6.76. The van der Waals surface area contributed by atoms with E-state index in [1.54, 1.807) is 0 Å². The fourth-order valence-corrected chi connectivity index (χ4v) is 1.52. The maximum Gasteiger partial charge on any atom is 0.326 e. The summed E-state index contributed by atoms with van der Waals surface area (Å²) in [6, 6.07) is 6.41. The molecular formula is C13H17NO4. The summed E-state index contributed by atoms with van der Waals surface area (Å²) in [5.74, 6) is -1.50. The van der Waals surface area contributed by atoms with Gasteiger partial charge in [-0.3, -0.25) is 4.79 Å². The molecular weight excluding hydrogens is 234 g/mol. The molecule has 0 fully saturated rings. The van der Waals surface area contributed by atoms with Gasteiger partial charge in [0.2, 0.25) is 5.91 Å². The summed E-state index contributed by atoms with van der Waals surface area (Å²) in [5, 5.41) is 19.9. The summed E-state index contributed by atoms with van der Waals surface area (Å²) < 4.78 is 0. The molecule has 0 aliphatic heterocycles. The van der Waals surface area contributed by atoms with Crippen LogP contribution in [0.25, 0.3) is 0 Å². The molecule has 5 heteroatoms. The minimum absolute atomic E-state index is 0.00890. The number of carbonyl (C=O) groups is 2. The predicted molar refractivity (Wildman–Crippen MR) is 66.2 cm³/mol. The number of benzene rings is 1. The lowest BCUT2D eigenvalue weighted by atomic mass is 10.1. The third-order valence-electron chi connectivity index (χ3n) is 2.54. The highest BCUT2D eigenvalue weighted by Gasteiger charge is 2.18. The van der Waals surface area contributed by atoms with Gasteiger partial charge in [0.25, 0.3) is 0 Å². The monoisotopic (exact) mass is 251 g/mol. The van der Waals surface area contributed by atoms with Crippen molar-refractivity contribution in [3.05, 3.63) is 35.4 Å². The Labute approximate surface area is 105 Å². The zero-order valence-corrected chi connectivity index (χ0v) is 10.2. The average molecular weight is 251 g/mol. The van der Waals surface area contributed by atoms with E-state index in [4.69, 9.17) is 10.2 Å². The molecule has 0 aromatic heterocycles. The number of carbonyl (C=O) groups excluding carboxylic acids is 1. The number of nitrogens with one attached hydrogen (secondary N) is 1. The summed E-state index contributed by atoms with van der Waals surface area (Å²) in [6.45, 7) is 1.67. The normalized spacial score (nSPS) is 11.9. The van der Waals surface area contributed by atoms with Gasteiger partial charge in [-0.05, 0) is 12.5 Å². The molecule has 0 saturated heterocycles. The van der Waals surface area contributed by atoms with E-state index in [0.29, 0.717) is 0 Å². The van der Waals surface area contributed by atoms with Crippen molar-refractivity contribution >= 4 is 11.9 Å². The highest BCUT2D eigenvalue weighted by Crippen LogP contribution is 2.04. The first kappa shape index (κ1) is 14.2. The molecule has 1 atom stereocenters. The Morgan fingerprint density at radius 2 is 1.89 bits per heavy atom. The van der Waals surface area contributed by atoms with Gasteiger partial charge in [-0.1, -0.05) is 29.8 Å². The Balaban J connectivity index is 2.54. The molecule has 1 unspecified atom stereocenters. The van der Waals surface area contributed by atoms with E-state index in [-0.39, 0.29) is 25.4 Å². The first-order valence-corrected chi connectivity index (χ1v) is 5.71. The number of carboxylic acids is 1. The van der Waals surface area contributed by atoms with Crippen molar-refractivity contribution in [1.29, 1.82) is 0 Å². The lowest BCUT2D eigenvalue weighted by Gasteiger charge is -2.13. The van der Waals surface area contributed by atoms with Crippen LogP contribution in [0.15, 0.2) is 24.3 Å². The van der Waals surface area contributed by atoms with Crippen molar-refractivity contribution in [3.63, 3.8) is 0 Å². The lowest BCUT2D eigenvalue weighted by molar-refractivity contribution is -0.142. The molecule has 3 N–H and O–H groups in total. The third-order valence-corrected chi connectivity index (χ3v) is 2.54. The standard InChI is InChI=1S/C13H17NO4/c1-9-2-4-10(5-3-9)8-12(16)14-11(6-7-15)13(17)18/h2-5,11,15H,6-8H2,1H3,(H,14,16)(H,17,18). The van der Waals surface area contributed by atoms with E-state index in [0.717, 1.165) is 11.1 Å². The van der Waals surface area contributed by atoms with Crippen LogP contribution in [0.3, 0.4) is 0 Å². The van der Waals surface area contributed by atoms with Gasteiger partial charge in [0, 0.05) is 13.0 Å². The van der Waals surface area contributed by atoms with Crippen LogP contribution in [-0.2, 0) is 16.0 Å². The number of hydrogen-bond acceptors (Lipinski definition) is 3. The highest BCUT2D eigenvalue weighted by atomic mass is 16.4. The van der Waals surface area contributed by atoms with Gasteiger partial charge in [0.05, 0.1) is 6.42 Å². The second-order valence-electron chi connectivity index (χ2n) is 4.13. The van der Waals surface area contributed by atoms with Gasteiger partial charge >= 0.3 is 5.97 Å². The van der Waals surface area contributed by atoms with Gasteiger partial charge in [-0.25, -0.2) is 4.79 Å². The first-order valence-electron chi connectivity index (χ1n) is 5.71. The maximum absolute atomic E-state index is 11.6. The second-order valence-corrected chi connectivity index (χ2v) is 4.13. The summed E-state index contributed by atoms with van der Waals surface area (Å²) in [5.41, 5.74) is 1.93. The Morgan fingerprint density at radius 1 is 1.28 bits per heavy atom. The highest BCUT2D eigenvalue weighted by molar-refractivity contribution is 5.84. The molecule has 18 heavy (non-hydrogen) atoms. The summed E-state index contributed by atoms with van der Waals surface area (Å²) in [7, 11) is 0. The molecule has 0 saturated carbocycles. The summed E-state index contributed by atoms with van der Waals surface area (Å²) in [4.78, 5) is 22.4. The van der Waals surface area contributed by atoms with Crippen LogP contribution >= 0.6 is 0 Å². The van der Waals surface area contributed by atoms with Gasteiger partial charge in [-0.2, -0.15) is 0 Å². The number of amides is 1. The fourth-order valence-electron chi connectivity index (χ4n) is 1.52. The van der Waals surface area contributed by atoms with Crippen molar-refractivity contribution in [2.45, 2.75) is 25.8 Å². The van der Waals surface area contributed by atoms with Crippen LogP contribution in [-0.4, -0.2) is 34.7 Å². The molecule has 0 aliphatic carbocycles. The summed E-state index contributed by atoms with van der Waals surface area (Å²) in [6.07, 6.45) is 0.143. The lowest BCUT2D eigenvalue weighted by Crippen LogP contribution is -2.42. The number of aliphatic carboxylic acids is 1. The topological polar surface area (TPSA) is 86.6 Å².